The molecular weight excluding hydrogens is 486 g/mol. The van der Waals surface area contributed by atoms with E-state index in [4.69, 9.17) is 9.41 Å². The maximum Gasteiger partial charge on any atom is 0.220 e. The molecule has 1 spiro atoms. The third kappa shape index (κ3) is 4.51. The summed E-state index contributed by atoms with van der Waals surface area (Å²) in [5.74, 6) is 1.47. The summed E-state index contributed by atoms with van der Waals surface area (Å²) in [7, 11) is 0. The Morgan fingerprint density at radius 1 is 1.45 bits per heavy atom. The van der Waals surface area contributed by atoms with E-state index >= 15 is 0 Å². The number of nitrogens with zero attached hydrogens (tertiary/aromatic N) is 2. The summed E-state index contributed by atoms with van der Waals surface area (Å²) in [6.45, 7) is 7.64. The summed E-state index contributed by atoms with van der Waals surface area (Å²) in [5.41, 5.74) is 1.62. The first-order valence-electron chi connectivity index (χ1n) is 9.97. The Balaban J connectivity index is 0.00000240. The van der Waals surface area contributed by atoms with E-state index in [0.29, 0.717) is 18.5 Å². The molecule has 1 aromatic heterocycles. The van der Waals surface area contributed by atoms with E-state index in [1.54, 1.807) is 6.07 Å². The Kier molecular flexibility index (Phi) is 6.70. The number of fused-ring (bicyclic) bond motifs is 1. The summed E-state index contributed by atoms with van der Waals surface area (Å²) in [6.07, 6.45) is 2.70. The van der Waals surface area contributed by atoms with Crippen molar-refractivity contribution in [3.8, 4) is 0 Å². The second-order valence-electron chi connectivity index (χ2n) is 7.94. The van der Waals surface area contributed by atoms with Crippen LogP contribution in [0.5, 0.6) is 0 Å². The van der Waals surface area contributed by atoms with Gasteiger partial charge in [-0.2, -0.15) is 0 Å². The van der Waals surface area contributed by atoms with Gasteiger partial charge in [-0.1, -0.05) is 0 Å². The SMILES string of the molecule is CCNC(=NCc1oc2ccc(F)cc2c1C)N1CCCC2(CNC(=O)C2)C1.I. The maximum atomic E-state index is 13.5. The van der Waals surface area contributed by atoms with Gasteiger partial charge in [0, 0.05) is 49.0 Å². The largest absolute Gasteiger partial charge is 0.459 e. The van der Waals surface area contributed by atoms with Crippen LogP contribution in [-0.4, -0.2) is 42.9 Å². The number of rotatable bonds is 3. The monoisotopic (exact) mass is 514 g/mol. The Hall–Kier alpha value is -1.84. The Morgan fingerprint density at radius 2 is 2.28 bits per heavy atom. The number of benzene rings is 1. The van der Waals surface area contributed by atoms with Crippen LogP contribution in [-0.2, 0) is 11.3 Å². The molecule has 4 rings (SSSR count). The number of guanidine groups is 1. The van der Waals surface area contributed by atoms with E-state index in [-0.39, 0.29) is 41.1 Å². The van der Waals surface area contributed by atoms with Crippen molar-refractivity contribution in [1.82, 2.24) is 15.5 Å². The molecule has 1 aromatic carbocycles. The molecule has 0 radical (unpaired) electrons. The van der Waals surface area contributed by atoms with E-state index < -0.39 is 0 Å². The van der Waals surface area contributed by atoms with Gasteiger partial charge in [-0.25, -0.2) is 9.38 Å². The normalized spacial score (nSPS) is 22.1. The molecule has 2 aliphatic heterocycles. The minimum absolute atomic E-state index is 0. The number of carbonyl (C=O) groups excluding carboxylic acids is 1. The van der Waals surface area contributed by atoms with E-state index in [1.165, 1.54) is 12.1 Å². The Morgan fingerprint density at radius 3 is 3.00 bits per heavy atom. The maximum absolute atomic E-state index is 13.5. The first-order chi connectivity index (χ1) is 13.5. The number of amides is 1. The minimum Gasteiger partial charge on any atom is -0.459 e. The molecule has 1 unspecified atom stereocenters. The van der Waals surface area contributed by atoms with Gasteiger partial charge in [0.25, 0.3) is 0 Å². The fraction of sp³-hybridized carbons (Fsp3) is 0.524. The molecule has 1 atom stereocenters. The van der Waals surface area contributed by atoms with Gasteiger partial charge in [-0.3, -0.25) is 4.79 Å². The van der Waals surface area contributed by atoms with Crippen molar-refractivity contribution in [3.05, 3.63) is 35.3 Å². The van der Waals surface area contributed by atoms with Gasteiger partial charge in [0.2, 0.25) is 5.91 Å². The molecule has 2 aromatic rings. The fourth-order valence-electron chi connectivity index (χ4n) is 4.40. The van der Waals surface area contributed by atoms with Crippen molar-refractivity contribution in [2.45, 2.75) is 39.7 Å². The Bertz CT molecular complexity index is 929. The van der Waals surface area contributed by atoms with Gasteiger partial charge in [0.15, 0.2) is 5.96 Å². The van der Waals surface area contributed by atoms with Crippen molar-refractivity contribution >= 4 is 46.8 Å². The van der Waals surface area contributed by atoms with Crippen LogP contribution in [0.15, 0.2) is 27.6 Å². The third-order valence-electron chi connectivity index (χ3n) is 5.86. The topological polar surface area (TPSA) is 69.9 Å². The lowest BCUT2D eigenvalue weighted by molar-refractivity contribution is -0.119. The van der Waals surface area contributed by atoms with Crippen LogP contribution in [0, 0.1) is 18.2 Å². The minimum atomic E-state index is -0.266. The van der Waals surface area contributed by atoms with Crippen molar-refractivity contribution in [1.29, 1.82) is 0 Å². The zero-order valence-corrected chi connectivity index (χ0v) is 19.2. The summed E-state index contributed by atoms with van der Waals surface area (Å²) >= 11 is 0. The summed E-state index contributed by atoms with van der Waals surface area (Å²) in [4.78, 5) is 18.8. The molecular formula is C21H28FIN4O2. The lowest BCUT2D eigenvalue weighted by Gasteiger charge is -2.40. The number of hydrogen-bond acceptors (Lipinski definition) is 3. The van der Waals surface area contributed by atoms with Crippen molar-refractivity contribution < 1.29 is 13.6 Å². The zero-order valence-electron chi connectivity index (χ0n) is 16.9. The Labute approximate surface area is 187 Å². The van der Waals surface area contributed by atoms with Gasteiger partial charge < -0.3 is 20.0 Å². The molecule has 1 amide bonds. The van der Waals surface area contributed by atoms with Gasteiger partial charge in [-0.05, 0) is 44.9 Å². The zero-order chi connectivity index (χ0) is 19.7. The van der Waals surface area contributed by atoms with Crippen molar-refractivity contribution in [3.63, 3.8) is 0 Å². The van der Waals surface area contributed by atoms with Crippen molar-refractivity contribution in [2.24, 2.45) is 10.4 Å². The first kappa shape index (κ1) is 21.9. The lowest BCUT2D eigenvalue weighted by Crippen LogP contribution is -2.51. The average Bonchev–Trinajstić information content (AvgIpc) is 3.18. The number of hydrogen-bond donors (Lipinski definition) is 2. The fourth-order valence-corrected chi connectivity index (χ4v) is 4.40. The van der Waals surface area contributed by atoms with Gasteiger partial charge in [0.05, 0.1) is 0 Å². The predicted octanol–water partition coefficient (Wildman–Crippen LogP) is 3.57. The van der Waals surface area contributed by atoms with Gasteiger partial charge in [-0.15, -0.1) is 24.0 Å². The lowest BCUT2D eigenvalue weighted by atomic mass is 9.79. The molecule has 2 fully saturated rings. The average molecular weight is 514 g/mol. The van der Waals surface area contributed by atoms with Crippen LogP contribution in [0.3, 0.4) is 0 Å². The highest BCUT2D eigenvalue weighted by Gasteiger charge is 2.42. The van der Waals surface area contributed by atoms with Crippen LogP contribution in [0.25, 0.3) is 11.0 Å². The van der Waals surface area contributed by atoms with E-state index in [9.17, 15) is 9.18 Å². The van der Waals surface area contributed by atoms with Crippen LogP contribution >= 0.6 is 24.0 Å². The number of likely N-dealkylation sites (tertiary alicyclic amines) is 1. The molecule has 2 aliphatic rings. The van der Waals surface area contributed by atoms with E-state index in [2.05, 4.69) is 15.5 Å². The number of furan rings is 1. The summed E-state index contributed by atoms with van der Waals surface area (Å²) < 4.78 is 19.4. The number of piperidine rings is 1. The van der Waals surface area contributed by atoms with Gasteiger partial charge >= 0.3 is 0 Å². The quantitative estimate of drug-likeness (QED) is 0.374. The molecule has 2 N–H and O–H groups in total. The third-order valence-corrected chi connectivity index (χ3v) is 5.86. The highest BCUT2D eigenvalue weighted by atomic mass is 127. The number of carbonyl (C=O) groups is 1. The summed E-state index contributed by atoms with van der Waals surface area (Å²) in [6, 6.07) is 4.58. The smallest absolute Gasteiger partial charge is 0.220 e. The number of halogens is 2. The predicted molar refractivity (Wildman–Crippen MR) is 122 cm³/mol. The molecule has 6 nitrogen and oxygen atoms in total. The molecule has 8 heteroatoms. The highest BCUT2D eigenvalue weighted by molar-refractivity contribution is 14.0. The van der Waals surface area contributed by atoms with Crippen LogP contribution < -0.4 is 10.6 Å². The molecule has 0 bridgehead atoms. The highest BCUT2D eigenvalue weighted by Crippen LogP contribution is 2.36. The van der Waals surface area contributed by atoms with E-state index in [0.717, 1.165) is 61.7 Å². The van der Waals surface area contributed by atoms with Crippen molar-refractivity contribution in [2.75, 3.05) is 26.2 Å². The first-order valence-corrected chi connectivity index (χ1v) is 9.97. The summed E-state index contributed by atoms with van der Waals surface area (Å²) in [5, 5.41) is 7.15. The number of aryl methyl sites for hydroxylation is 1. The molecule has 0 saturated carbocycles. The standard InChI is InChI=1S/C21H27FN4O2.HI/c1-3-23-20(26-8-4-7-21(13-26)10-19(27)25-12-21)24-11-18-14(2)16-9-15(22)5-6-17(16)28-18;/h5-6,9H,3-4,7-8,10-13H2,1-2H3,(H,23,24)(H,25,27);1H. The molecule has 3 heterocycles. The molecule has 29 heavy (non-hydrogen) atoms. The van der Waals surface area contributed by atoms with Gasteiger partial charge in [0.1, 0.15) is 23.7 Å². The molecule has 2 saturated heterocycles. The molecule has 158 valence electrons. The van der Waals surface area contributed by atoms with Crippen LogP contribution in [0.4, 0.5) is 4.39 Å². The number of nitrogens with one attached hydrogen (secondary N) is 2. The van der Waals surface area contributed by atoms with E-state index in [1.807, 2.05) is 13.8 Å². The second kappa shape index (κ2) is 8.89. The number of aliphatic imine (C=N–C) groups is 1. The second-order valence-corrected chi connectivity index (χ2v) is 7.94. The van der Waals surface area contributed by atoms with Crippen LogP contribution in [0.1, 0.15) is 37.5 Å². The van der Waals surface area contributed by atoms with Crippen LogP contribution in [0.2, 0.25) is 0 Å². The molecule has 0 aliphatic carbocycles.